The number of aryl methyl sites for hydroxylation is 1. The molecule has 16 heteroatoms. The number of carbonyl (C=O) groups excluding carboxylic acids is 2. The third kappa shape index (κ3) is 12.2. The van der Waals surface area contributed by atoms with Crippen molar-refractivity contribution in [2.45, 2.75) is 104 Å². The van der Waals surface area contributed by atoms with Gasteiger partial charge in [0.25, 0.3) is 5.91 Å². The van der Waals surface area contributed by atoms with Gasteiger partial charge in [-0.1, -0.05) is 52.5 Å². The molecular weight excluding hydrogens is 937 g/mol. The van der Waals surface area contributed by atoms with E-state index in [-0.39, 0.29) is 17.9 Å². The summed E-state index contributed by atoms with van der Waals surface area (Å²) in [5.74, 6) is -0.167. The summed E-state index contributed by atoms with van der Waals surface area (Å²) in [4.78, 5) is 34.7. The Morgan fingerprint density at radius 1 is 1.03 bits per heavy atom. The van der Waals surface area contributed by atoms with Gasteiger partial charge in [0.15, 0.2) is 0 Å². The second-order valence-electron chi connectivity index (χ2n) is 19.5. The van der Waals surface area contributed by atoms with Gasteiger partial charge in [0.1, 0.15) is 23.5 Å². The van der Waals surface area contributed by atoms with Crippen LogP contribution in [-0.2, 0) is 31.4 Å². The van der Waals surface area contributed by atoms with Crippen LogP contribution in [0.15, 0.2) is 104 Å². The number of nitrogens with zero attached hydrogens (tertiary/aromatic N) is 7. The van der Waals surface area contributed by atoms with E-state index in [0.29, 0.717) is 93.9 Å². The average Bonchev–Trinajstić information content (AvgIpc) is 3.96. The van der Waals surface area contributed by atoms with Crippen molar-refractivity contribution in [1.29, 1.82) is 0 Å². The molecule has 8 rings (SSSR count). The number of fused-ring (bicyclic) bond motifs is 2. The number of likely N-dealkylation sites (N-methyl/N-ethyl adjacent to an activating group) is 1. The molecule has 4 aliphatic rings. The molecule has 1 fully saturated rings. The number of halogens is 2. The predicted molar refractivity (Wildman–Crippen MR) is 295 cm³/mol. The van der Waals surface area contributed by atoms with E-state index in [4.69, 9.17) is 5.10 Å². The number of hydrogen-bond donors (Lipinski definition) is 5. The maximum absolute atomic E-state index is 16.2. The number of carbonyl (C=O) groups is 2. The van der Waals surface area contributed by atoms with Crippen LogP contribution in [0.5, 0.6) is 0 Å². The Labute approximate surface area is 436 Å². The van der Waals surface area contributed by atoms with E-state index in [1.807, 2.05) is 68.6 Å². The van der Waals surface area contributed by atoms with Gasteiger partial charge in [-0.25, -0.2) is 8.78 Å². The van der Waals surface area contributed by atoms with E-state index < -0.39 is 23.3 Å². The third-order valence-electron chi connectivity index (χ3n) is 14.7. The van der Waals surface area contributed by atoms with Crippen LogP contribution in [0.4, 0.5) is 26.0 Å². The van der Waals surface area contributed by atoms with Crippen molar-refractivity contribution < 1.29 is 23.5 Å². The van der Waals surface area contributed by atoms with Crippen LogP contribution in [0.2, 0.25) is 0 Å². The second-order valence-corrected chi connectivity index (χ2v) is 19.5. The van der Waals surface area contributed by atoms with Gasteiger partial charge in [0, 0.05) is 119 Å². The van der Waals surface area contributed by atoms with Crippen LogP contribution in [0, 0.1) is 18.6 Å². The average molecular weight is 1010 g/mol. The number of hydrogen-bond acceptors (Lipinski definition) is 10. The summed E-state index contributed by atoms with van der Waals surface area (Å²) in [6.45, 7) is 21.7. The molecule has 5 N–H and O–H groups in total. The molecule has 0 bridgehead atoms. The van der Waals surface area contributed by atoms with E-state index in [2.05, 4.69) is 94.2 Å². The molecule has 0 spiro atoms. The molecule has 1 saturated heterocycles. The van der Waals surface area contributed by atoms with Crippen molar-refractivity contribution in [3.8, 4) is 0 Å². The van der Waals surface area contributed by atoms with E-state index in [9.17, 15) is 14.7 Å². The summed E-state index contributed by atoms with van der Waals surface area (Å²) >= 11 is 0. The van der Waals surface area contributed by atoms with Gasteiger partial charge in [-0.2, -0.15) is 5.10 Å². The molecule has 4 aliphatic heterocycles. The summed E-state index contributed by atoms with van der Waals surface area (Å²) < 4.78 is 35.8. The minimum atomic E-state index is -1.03. The molecule has 396 valence electrons. The molecular formula is C58H77F2N11O3. The first-order valence-corrected chi connectivity index (χ1v) is 26.2. The number of allylic oxidation sites excluding steroid dienone is 3. The predicted octanol–water partition coefficient (Wildman–Crippen LogP) is 9.26. The van der Waals surface area contributed by atoms with Crippen LogP contribution >= 0.6 is 0 Å². The molecule has 2 amide bonds. The molecule has 0 radical (unpaired) electrons. The van der Waals surface area contributed by atoms with Gasteiger partial charge in [0.05, 0.1) is 35.8 Å². The van der Waals surface area contributed by atoms with E-state index in [0.717, 1.165) is 64.8 Å². The van der Waals surface area contributed by atoms with Crippen LogP contribution in [0.25, 0.3) is 11.3 Å². The van der Waals surface area contributed by atoms with Gasteiger partial charge >= 0.3 is 0 Å². The van der Waals surface area contributed by atoms with Crippen LogP contribution in [0.3, 0.4) is 0 Å². The number of aliphatic hydroxyl groups is 1. The van der Waals surface area contributed by atoms with Crippen molar-refractivity contribution in [2.75, 3.05) is 68.9 Å². The first-order chi connectivity index (χ1) is 35.6. The quantitative estimate of drug-likeness (QED) is 0.0614. The number of aromatic nitrogens is 3. The summed E-state index contributed by atoms with van der Waals surface area (Å²) in [6, 6.07) is 11.9. The third-order valence-corrected chi connectivity index (χ3v) is 14.7. The largest absolute Gasteiger partial charge is 0.389 e. The lowest BCUT2D eigenvalue weighted by Gasteiger charge is -2.39. The fourth-order valence-corrected chi connectivity index (χ4v) is 10.7. The maximum Gasteiger partial charge on any atom is 0.254 e. The lowest BCUT2D eigenvalue weighted by Crippen LogP contribution is -2.46. The summed E-state index contributed by atoms with van der Waals surface area (Å²) in [6.07, 6.45) is 16.7. The number of benzene rings is 2. The molecule has 6 heterocycles. The highest BCUT2D eigenvalue weighted by molar-refractivity contribution is 5.95. The second kappa shape index (κ2) is 24.4. The molecule has 14 nitrogen and oxygen atoms in total. The summed E-state index contributed by atoms with van der Waals surface area (Å²) in [7, 11) is 6.05. The highest BCUT2D eigenvalue weighted by Crippen LogP contribution is 2.38. The molecule has 2 aromatic carbocycles. The normalized spacial score (nSPS) is 17.4. The summed E-state index contributed by atoms with van der Waals surface area (Å²) in [5.41, 5.74) is 8.52. The highest BCUT2D eigenvalue weighted by Gasteiger charge is 2.36. The highest BCUT2D eigenvalue weighted by atomic mass is 19.1. The van der Waals surface area contributed by atoms with Gasteiger partial charge < -0.3 is 45.6 Å². The molecule has 74 heavy (non-hydrogen) atoms. The smallest absolute Gasteiger partial charge is 0.254 e. The molecule has 0 aliphatic carbocycles. The molecule has 4 aromatic rings. The fraction of sp³-hybridized carbons (Fsp3) is 0.431. The van der Waals surface area contributed by atoms with Gasteiger partial charge in [-0.3, -0.25) is 19.2 Å². The molecule has 2 atom stereocenters. The van der Waals surface area contributed by atoms with Gasteiger partial charge in [-0.15, -0.1) is 0 Å². The Kier molecular flexibility index (Phi) is 18.1. The van der Waals surface area contributed by atoms with Crippen LogP contribution in [-0.4, -0.2) is 111 Å². The minimum absolute atomic E-state index is 0.108. The van der Waals surface area contributed by atoms with Crippen LogP contribution < -0.4 is 26.2 Å². The van der Waals surface area contributed by atoms with E-state index in [1.54, 1.807) is 23.1 Å². The Morgan fingerprint density at radius 2 is 1.80 bits per heavy atom. The number of nitrogens with one attached hydrogen (secondary N) is 4. The monoisotopic (exact) mass is 1010 g/mol. The number of anilines is 3. The van der Waals surface area contributed by atoms with Crippen molar-refractivity contribution in [1.82, 2.24) is 39.7 Å². The van der Waals surface area contributed by atoms with Crippen molar-refractivity contribution in [3.05, 3.63) is 155 Å². The zero-order valence-electron chi connectivity index (χ0n) is 44.7. The Bertz CT molecular complexity index is 2790. The SMILES string of the molecule is C=C/C=C(\C=C/N(C)C1=CCNc2c1cc(C(C)N1CC=C(c3c(C)cc(C(=O)N4CCn5nc(CC6(O)CCN(c7ccc(NC(CCC)C(=O)NC=C)cc7F)CC6)cc5C4)cc3F)CC1)n2C)NC.CC. The van der Waals surface area contributed by atoms with Gasteiger partial charge in [0.2, 0.25) is 5.91 Å². The maximum atomic E-state index is 16.2. The molecule has 2 unspecified atom stereocenters. The minimum Gasteiger partial charge on any atom is -0.389 e. The van der Waals surface area contributed by atoms with Gasteiger partial charge in [-0.05, 0) is 118 Å². The lowest BCUT2D eigenvalue weighted by atomic mass is 9.86. The van der Waals surface area contributed by atoms with Crippen molar-refractivity contribution in [3.63, 3.8) is 0 Å². The van der Waals surface area contributed by atoms with E-state index in [1.165, 1.54) is 24.0 Å². The topological polar surface area (TPSA) is 138 Å². The number of piperidine rings is 1. The number of rotatable bonds is 18. The Hall–Kier alpha value is -6.91. The van der Waals surface area contributed by atoms with Crippen molar-refractivity contribution >= 4 is 40.3 Å². The zero-order valence-corrected chi connectivity index (χ0v) is 44.7. The lowest BCUT2D eigenvalue weighted by molar-refractivity contribution is -0.121. The van der Waals surface area contributed by atoms with E-state index >= 15 is 8.78 Å². The number of amides is 2. The Balaban J connectivity index is 0.00000395. The first kappa shape index (κ1) is 54.9. The fourth-order valence-electron chi connectivity index (χ4n) is 10.7. The van der Waals surface area contributed by atoms with Crippen molar-refractivity contribution in [2.24, 2.45) is 7.05 Å². The standard InChI is InChI=1S/C56H71F2N11O3.C2H6/c1-9-12-41(59-6)19-23-64(7)49-16-22-61-53-45(49)34-51(65(53)8)38(5)66-24-17-39(18-25-66)52-37(4)30-40(31-47(52)58)55(71)68-28-29-69-44(36-68)32-43(63-69)35-56(72)20-26-67(27-21-56)50-15-14-42(33-46(50)57)62-48(13-10-2)54(70)60-11-3;1-2/h9,11-12,14-17,19,23,30-34,38,48,59,61-62,72H,1,3,10,13,18,20-22,24-29,35-36H2,2,4-8H3,(H,60,70);1-2H3/b23-19-,41-12+;. The Morgan fingerprint density at radius 3 is 2.46 bits per heavy atom. The first-order valence-electron chi connectivity index (χ1n) is 26.2. The summed E-state index contributed by atoms with van der Waals surface area (Å²) in [5, 5.41) is 29.0. The molecule has 2 aromatic heterocycles. The molecule has 0 saturated carbocycles. The van der Waals surface area contributed by atoms with Crippen LogP contribution in [0.1, 0.15) is 110 Å². The zero-order chi connectivity index (χ0) is 53.3.